The first kappa shape index (κ1) is 14.5. The third kappa shape index (κ3) is 3.25. The molecule has 0 N–H and O–H groups in total. The number of halogens is 1. The Morgan fingerprint density at radius 3 is 2.86 bits per heavy atom. The molecule has 5 nitrogen and oxygen atoms in total. The van der Waals surface area contributed by atoms with E-state index in [0.717, 1.165) is 16.5 Å². The number of ether oxygens (including phenoxy) is 1. The number of thioether (sulfide) groups is 1. The van der Waals surface area contributed by atoms with Gasteiger partial charge >= 0.3 is 0 Å². The van der Waals surface area contributed by atoms with Gasteiger partial charge in [-0.1, -0.05) is 17.8 Å². The minimum atomic E-state index is -0.275. The van der Waals surface area contributed by atoms with Crippen LogP contribution in [-0.2, 0) is 5.75 Å². The molecule has 0 unspecified atom stereocenters. The van der Waals surface area contributed by atoms with Gasteiger partial charge in [0.2, 0.25) is 5.88 Å². The van der Waals surface area contributed by atoms with Gasteiger partial charge in [-0.05, 0) is 24.3 Å². The zero-order chi connectivity index (χ0) is 15.4. The van der Waals surface area contributed by atoms with Crippen molar-refractivity contribution in [2.45, 2.75) is 10.9 Å². The Hall–Kier alpha value is -2.41. The van der Waals surface area contributed by atoms with Crippen LogP contribution in [-0.4, -0.2) is 26.9 Å². The molecule has 2 aromatic heterocycles. The topological polar surface area (TPSA) is 52.8 Å². The van der Waals surface area contributed by atoms with E-state index in [9.17, 15) is 4.39 Å². The number of rotatable bonds is 5. The van der Waals surface area contributed by atoms with E-state index >= 15 is 0 Å². The molecule has 0 fully saturated rings. The lowest BCUT2D eigenvalue weighted by Crippen LogP contribution is -1.97. The molecule has 0 amide bonds. The average molecular weight is 316 g/mol. The molecule has 0 atom stereocenters. The summed E-state index contributed by atoms with van der Waals surface area (Å²) in [6, 6.07) is 10.0. The normalized spacial score (nSPS) is 10.6. The van der Waals surface area contributed by atoms with Crippen LogP contribution in [0.15, 0.2) is 53.9 Å². The molecule has 0 spiro atoms. The van der Waals surface area contributed by atoms with Gasteiger partial charge in [-0.3, -0.25) is 4.57 Å². The average Bonchev–Trinajstić information content (AvgIpc) is 3.02. The Bertz CT molecular complexity index is 760. The number of benzene rings is 1. The van der Waals surface area contributed by atoms with Crippen LogP contribution in [0.5, 0.6) is 5.88 Å². The number of hydrogen-bond acceptors (Lipinski definition) is 5. The first-order chi connectivity index (χ1) is 10.8. The van der Waals surface area contributed by atoms with E-state index in [1.54, 1.807) is 31.6 Å². The fourth-order valence-corrected chi connectivity index (χ4v) is 2.76. The number of aromatic nitrogens is 4. The molecule has 0 aliphatic rings. The lowest BCUT2D eigenvalue weighted by atomic mass is 10.3. The Kier molecular flexibility index (Phi) is 4.34. The van der Waals surface area contributed by atoms with Gasteiger partial charge in [0.15, 0.2) is 5.16 Å². The number of imidazole rings is 1. The second-order valence-corrected chi connectivity index (χ2v) is 5.36. The Labute approximate surface area is 131 Å². The molecule has 3 rings (SSSR count). The largest absolute Gasteiger partial charge is 0.480 e. The monoisotopic (exact) mass is 316 g/mol. The summed E-state index contributed by atoms with van der Waals surface area (Å²) in [6.07, 6.45) is 3.49. The standard InChI is InChI=1S/C15H13FN4OS/c1-21-14-6-5-12(18-19-14)10-22-15-17-7-8-20(15)13-4-2-3-11(16)9-13/h2-9H,10H2,1H3. The van der Waals surface area contributed by atoms with Crippen LogP contribution in [0.4, 0.5) is 4.39 Å². The second-order valence-electron chi connectivity index (χ2n) is 4.42. The smallest absolute Gasteiger partial charge is 0.233 e. The summed E-state index contributed by atoms with van der Waals surface area (Å²) in [6.45, 7) is 0. The van der Waals surface area contributed by atoms with Crippen LogP contribution in [0.3, 0.4) is 0 Å². The van der Waals surface area contributed by atoms with Gasteiger partial charge in [0, 0.05) is 24.2 Å². The third-order valence-electron chi connectivity index (χ3n) is 2.95. The summed E-state index contributed by atoms with van der Waals surface area (Å²) in [7, 11) is 1.55. The van der Waals surface area contributed by atoms with E-state index < -0.39 is 0 Å². The predicted octanol–water partition coefficient (Wildman–Crippen LogP) is 3.10. The molecule has 22 heavy (non-hydrogen) atoms. The minimum absolute atomic E-state index is 0.275. The summed E-state index contributed by atoms with van der Waals surface area (Å²) in [4.78, 5) is 4.30. The second kappa shape index (κ2) is 6.57. The van der Waals surface area contributed by atoms with E-state index in [4.69, 9.17) is 4.74 Å². The van der Waals surface area contributed by atoms with E-state index in [2.05, 4.69) is 15.2 Å². The maximum Gasteiger partial charge on any atom is 0.233 e. The van der Waals surface area contributed by atoms with Gasteiger partial charge in [0.1, 0.15) is 5.82 Å². The molecule has 0 aliphatic carbocycles. The predicted molar refractivity (Wildman–Crippen MR) is 81.7 cm³/mol. The molecule has 3 aromatic rings. The lowest BCUT2D eigenvalue weighted by Gasteiger charge is -2.07. The first-order valence-corrected chi connectivity index (χ1v) is 7.53. The van der Waals surface area contributed by atoms with Crippen LogP contribution >= 0.6 is 11.8 Å². The SMILES string of the molecule is COc1ccc(CSc2nccn2-c2cccc(F)c2)nn1. The lowest BCUT2D eigenvalue weighted by molar-refractivity contribution is 0.391. The van der Waals surface area contributed by atoms with Crippen molar-refractivity contribution < 1.29 is 9.13 Å². The van der Waals surface area contributed by atoms with Crippen molar-refractivity contribution in [3.63, 3.8) is 0 Å². The highest BCUT2D eigenvalue weighted by Gasteiger charge is 2.08. The third-order valence-corrected chi connectivity index (χ3v) is 3.95. The first-order valence-electron chi connectivity index (χ1n) is 6.55. The van der Waals surface area contributed by atoms with Crippen LogP contribution < -0.4 is 4.74 Å². The maximum atomic E-state index is 13.3. The van der Waals surface area contributed by atoms with Gasteiger partial charge in [-0.15, -0.1) is 5.10 Å². The summed E-state index contributed by atoms with van der Waals surface area (Å²) >= 11 is 1.51. The van der Waals surface area contributed by atoms with Crippen molar-refractivity contribution in [3.05, 3.63) is 60.3 Å². The van der Waals surface area contributed by atoms with Crippen molar-refractivity contribution in [2.24, 2.45) is 0 Å². The highest BCUT2D eigenvalue weighted by molar-refractivity contribution is 7.98. The van der Waals surface area contributed by atoms with Gasteiger partial charge in [-0.2, -0.15) is 5.10 Å². The molecular weight excluding hydrogens is 303 g/mol. The van der Waals surface area contributed by atoms with E-state index in [1.165, 1.54) is 23.9 Å². The van der Waals surface area contributed by atoms with Crippen LogP contribution in [0.2, 0.25) is 0 Å². The molecule has 0 radical (unpaired) electrons. The van der Waals surface area contributed by atoms with Crippen LogP contribution in [0.1, 0.15) is 5.69 Å². The quantitative estimate of drug-likeness (QED) is 0.677. The molecule has 0 bridgehead atoms. The number of hydrogen-bond donors (Lipinski definition) is 0. The van der Waals surface area contributed by atoms with Crippen molar-refractivity contribution in [3.8, 4) is 11.6 Å². The minimum Gasteiger partial charge on any atom is -0.480 e. The van der Waals surface area contributed by atoms with Crippen LogP contribution in [0.25, 0.3) is 5.69 Å². The molecule has 0 aliphatic heterocycles. The van der Waals surface area contributed by atoms with Crippen molar-refractivity contribution in [2.75, 3.05) is 7.11 Å². The van der Waals surface area contributed by atoms with Crippen molar-refractivity contribution >= 4 is 11.8 Å². The van der Waals surface area contributed by atoms with E-state index in [-0.39, 0.29) is 5.82 Å². The fourth-order valence-electron chi connectivity index (χ4n) is 1.89. The molecular formula is C15H13FN4OS. The van der Waals surface area contributed by atoms with Crippen LogP contribution in [0, 0.1) is 5.82 Å². The summed E-state index contributed by atoms with van der Waals surface area (Å²) < 4.78 is 20.2. The van der Waals surface area contributed by atoms with Crippen molar-refractivity contribution in [1.82, 2.24) is 19.7 Å². The van der Waals surface area contributed by atoms with E-state index in [0.29, 0.717) is 11.6 Å². The summed E-state index contributed by atoms with van der Waals surface area (Å²) in [5.74, 6) is 0.821. The Balaban J connectivity index is 1.75. The fraction of sp³-hybridized carbons (Fsp3) is 0.133. The maximum absolute atomic E-state index is 13.3. The zero-order valence-corrected chi connectivity index (χ0v) is 12.6. The van der Waals surface area contributed by atoms with Crippen molar-refractivity contribution in [1.29, 1.82) is 0 Å². The molecule has 7 heteroatoms. The molecule has 2 heterocycles. The van der Waals surface area contributed by atoms with Gasteiger partial charge in [-0.25, -0.2) is 9.37 Å². The van der Waals surface area contributed by atoms with Gasteiger partial charge < -0.3 is 4.74 Å². The van der Waals surface area contributed by atoms with Gasteiger partial charge in [0.25, 0.3) is 0 Å². The summed E-state index contributed by atoms with van der Waals surface area (Å²) in [5.41, 5.74) is 1.56. The molecule has 0 saturated carbocycles. The summed E-state index contributed by atoms with van der Waals surface area (Å²) in [5, 5.41) is 8.77. The molecule has 112 valence electrons. The highest BCUT2D eigenvalue weighted by atomic mass is 32.2. The number of methoxy groups -OCH3 is 1. The van der Waals surface area contributed by atoms with Gasteiger partial charge in [0.05, 0.1) is 18.5 Å². The molecule has 1 aromatic carbocycles. The Morgan fingerprint density at radius 1 is 1.23 bits per heavy atom. The zero-order valence-electron chi connectivity index (χ0n) is 11.8. The number of nitrogens with zero attached hydrogens (tertiary/aromatic N) is 4. The Morgan fingerprint density at radius 2 is 2.14 bits per heavy atom. The molecule has 0 saturated heterocycles. The van der Waals surface area contributed by atoms with E-state index in [1.807, 2.05) is 16.7 Å². The highest BCUT2D eigenvalue weighted by Crippen LogP contribution is 2.23.